The SMILES string of the molecule is O=C(NCCCC[C@H](N[C@@H](CCc1ccccc1)C(=O)O)C(=O)N1CCC[C@H]1C(=O)O)OCCSSCCO[N+](=O)[O-]. The molecule has 1 fully saturated rings. The number of carbonyl (C=O) groups is 4. The van der Waals surface area contributed by atoms with E-state index in [1.54, 1.807) is 0 Å². The number of aliphatic carboxylic acids is 2. The summed E-state index contributed by atoms with van der Waals surface area (Å²) in [5.74, 6) is -1.69. The van der Waals surface area contributed by atoms with E-state index in [0.29, 0.717) is 50.2 Å². The van der Waals surface area contributed by atoms with Gasteiger partial charge in [0.15, 0.2) is 0 Å². The molecule has 234 valence electrons. The lowest BCUT2D eigenvalue weighted by molar-refractivity contribution is -0.756. The van der Waals surface area contributed by atoms with Gasteiger partial charge in [-0.15, -0.1) is 10.1 Å². The average molecular weight is 631 g/mol. The van der Waals surface area contributed by atoms with Crippen molar-refractivity contribution in [3.05, 3.63) is 46.0 Å². The second-order valence-corrected chi connectivity index (χ2v) is 12.1. The third kappa shape index (κ3) is 13.6. The van der Waals surface area contributed by atoms with Crippen LogP contribution in [0.25, 0.3) is 0 Å². The Labute approximate surface area is 251 Å². The van der Waals surface area contributed by atoms with Crippen LogP contribution in [0.2, 0.25) is 0 Å². The largest absolute Gasteiger partial charge is 0.480 e. The molecular weight excluding hydrogens is 592 g/mol. The highest BCUT2D eigenvalue weighted by molar-refractivity contribution is 8.76. The number of carboxylic acids is 2. The maximum atomic E-state index is 13.4. The molecule has 42 heavy (non-hydrogen) atoms. The van der Waals surface area contributed by atoms with Gasteiger partial charge in [-0.3, -0.25) is 14.9 Å². The maximum Gasteiger partial charge on any atom is 0.407 e. The van der Waals surface area contributed by atoms with E-state index in [-0.39, 0.29) is 32.6 Å². The van der Waals surface area contributed by atoms with E-state index >= 15 is 0 Å². The van der Waals surface area contributed by atoms with Crippen LogP contribution in [-0.4, -0.2) is 100 Å². The summed E-state index contributed by atoms with van der Waals surface area (Å²) in [5.41, 5.74) is 0.969. The number of benzene rings is 1. The molecule has 1 aliphatic rings. The van der Waals surface area contributed by atoms with Gasteiger partial charge in [0.25, 0.3) is 5.09 Å². The molecule has 1 heterocycles. The monoisotopic (exact) mass is 630 g/mol. The Bertz CT molecular complexity index is 1020. The van der Waals surface area contributed by atoms with Crippen LogP contribution in [0.1, 0.15) is 44.1 Å². The van der Waals surface area contributed by atoms with Crippen molar-refractivity contribution in [2.45, 2.75) is 63.1 Å². The van der Waals surface area contributed by atoms with Crippen LogP contribution in [0.4, 0.5) is 4.79 Å². The van der Waals surface area contributed by atoms with Crippen molar-refractivity contribution in [3.8, 4) is 0 Å². The van der Waals surface area contributed by atoms with Gasteiger partial charge in [0, 0.05) is 24.6 Å². The second-order valence-electron chi connectivity index (χ2n) is 9.42. The van der Waals surface area contributed by atoms with Crippen LogP contribution >= 0.6 is 21.6 Å². The number of likely N-dealkylation sites (tertiary alicyclic amines) is 1. The summed E-state index contributed by atoms with van der Waals surface area (Å²) in [6.45, 7) is 0.710. The molecule has 1 saturated heterocycles. The van der Waals surface area contributed by atoms with Gasteiger partial charge in [-0.1, -0.05) is 51.9 Å². The Morgan fingerprint density at radius 2 is 1.76 bits per heavy atom. The predicted octanol–water partition coefficient (Wildman–Crippen LogP) is 2.59. The molecule has 14 nitrogen and oxygen atoms in total. The van der Waals surface area contributed by atoms with E-state index in [0.717, 1.165) is 5.56 Å². The number of unbranched alkanes of at least 4 members (excludes halogenated alkanes) is 1. The molecule has 0 radical (unpaired) electrons. The molecule has 2 amide bonds. The van der Waals surface area contributed by atoms with E-state index in [9.17, 15) is 39.5 Å². The Morgan fingerprint density at radius 3 is 2.43 bits per heavy atom. The smallest absolute Gasteiger partial charge is 0.407 e. The molecule has 1 aromatic carbocycles. The Balaban J connectivity index is 1.81. The van der Waals surface area contributed by atoms with Crippen molar-refractivity contribution in [1.82, 2.24) is 15.5 Å². The minimum absolute atomic E-state index is 0.0171. The first-order valence-corrected chi connectivity index (χ1v) is 16.2. The van der Waals surface area contributed by atoms with Crippen LogP contribution in [0, 0.1) is 10.1 Å². The van der Waals surface area contributed by atoms with Crippen molar-refractivity contribution in [2.24, 2.45) is 0 Å². The minimum Gasteiger partial charge on any atom is -0.480 e. The van der Waals surface area contributed by atoms with Crippen LogP contribution in [0.15, 0.2) is 30.3 Å². The van der Waals surface area contributed by atoms with E-state index in [4.69, 9.17) is 4.74 Å². The van der Waals surface area contributed by atoms with Gasteiger partial charge in [0.1, 0.15) is 25.3 Å². The molecule has 1 aromatic rings. The summed E-state index contributed by atoms with van der Waals surface area (Å²) in [6, 6.07) is 6.58. The summed E-state index contributed by atoms with van der Waals surface area (Å²) >= 11 is 0. The number of ether oxygens (including phenoxy) is 1. The number of carboxylic acid groups (broad SMARTS) is 2. The van der Waals surface area contributed by atoms with Gasteiger partial charge in [-0.05, 0) is 50.5 Å². The highest BCUT2D eigenvalue weighted by Crippen LogP contribution is 2.21. The fourth-order valence-electron chi connectivity index (χ4n) is 4.39. The van der Waals surface area contributed by atoms with Crippen molar-refractivity contribution in [2.75, 3.05) is 37.8 Å². The molecular formula is C26H38N4O10S2. The number of hydrogen-bond donors (Lipinski definition) is 4. The summed E-state index contributed by atoms with van der Waals surface area (Å²) in [6.07, 6.45) is 2.28. The zero-order chi connectivity index (χ0) is 30.7. The van der Waals surface area contributed by atoms with Crippen molar-refractivity contribution >= 4 is 45.5 Å². The molecule has 4 N–H and O–H groups in total. The molecule has 0 spiro atoms. The van der Waals surface area contributed by atoms with Gasteiger partial charge >= 0.3 is 18.0 Å². The number of rotatable bonds is 21. The maximum absolute atomic E-state index is 13.4. The summed E-state index contributed by atoms with van der Waals surface area (Å²) in [7, 11) is 2.76. The van der Waals surface area contributed by atoms with Crippen LogP contribution in [0.3, 0.4) is 0 Å². The lowest BCUT2D eigenvalue weighted by Crippen LogP contribution is -2.54. The normalized spacial score (nSPS) is 15.9. The lowest BCUT2D eigenvalue weighted by atomic mass is 10.0. The van der Waals surface area contributed by atoms with E-state index in [1.165, 1.54) is 26.5 Å². The van der Waals surface area contributed by atoms with Crippen LogP contribution < -0.4 is 10.6 Å². The summed E-state index contributed by atoms with van der Waals surface area (Å²) < 4.78 is 5.08. The quantitative estimate of drug-likeness (QED) is 0.0670. The predicted molar refractivity (Wildman–Crippen MR) is 157 cm³/mol. The van der Waals surface area contributed by atoms with Crippen molar-refractivity contribution in [3.63, 3.8) is 0 Å². The highest BCUT2D eigenvalue weighted by atomic mass is 33.1. The standard InChI is InChI=1S/C26H38N4O10S2/c31-23(29-14-6-10-22(29)25(34)35)20(28-21(24(32)33)12-11-19-7-2-1-3-8-19)9-4-5-13-27-26(36)39-15-17-41-42-18-16-40-30(37)38/h1-3,7-8,20-22,28H,4-6,9-18H2,(H,27,36)(H,32,33)(H,34,35)/t20-,21-,22-/m0/s1. The van der Waals surface area contributed by atoms with E-state index < -0.39 is 47.2 Å². The number of alkyl carbamates (subject to hydrolysis) is 1. The topological polar surface area (TPSA) is 198 Å². The number of aryl methyl sites for hydroxylation is 1. The molecule has 0 aromatic heterocycles. The number of hydrogen-bond acceptors (Lipinski definition) is 11. The third-order valence-electron chi connectivity index (χ3n) is 6.42. The van der Waals surface area contributed by atoms with Crippen LogP contribution in [0.5, 0.6) is 0 Å². The molecule has 3 atom stereocenters. The van der Waals surface area contributed by atoms with E-state index in [2.05, 4.69) is 15.5 Å². The van der Waals surface area contributed by atoms with Gasteiger partial charge in [-0.25, -0.2) is 9.59 Å². The summed E-state index contributed by atoms with van der Waals surface area (Å²) in [5, 5.41) is 34.2. The lowest BCUT2D eigenvalue weighted by Gasteiger charge is -2.29. The van der Waals surface area contributed by atoms with E-state index in [1.807, 2.05) is 30.3 Å². The number of carbonyl (C=O) groups excluding carboxylic acids is 2. The zero-order valence-electron chi connectivity index (χ0n) is 23.2. The number of nitrogens with one attached hydrogen (secondary N) is 2. The fourth-order valence-corrected chi connectivity index (χ4v) is 6.03. The first-order valence-electron chi connectivity index (χ1n) is 13.7. The summed E-state index contributed by atoms with van der Waals surface area (Å²) in [4.78, 5) is 64.6. The minimum atomic E-state index is -1.09. The van der Waals surface area contributed by atoms with Crippen molar-refractivity contribution < 1.29 is 44.1 Å². The first-order chi connectivity index (χ1) is 20.2. The third-order valence-corrected chi connectivity index (χ3v) is 8.75. The fraction of sp³-hybridized carbons (Fsp3) is 0.615. The number of nitrogens with zero attached hydrogens (tertiary/aromatic N) is 2. The molecule has 0 saturated carbocycles. The number of amides is 2. The Kier molecular flexibility index (Phi) is 16.5. The average Bonchev–Trinajstić information content (AvgIpc) is 3.46. The van der Waals surface area contributed by atoms with Gasteiger partial charge in [-0.2, -0.15) is 0 Å². The molecule has 16 heteroatoms. The second kappa shape index (κ2) is 19.8. The molecule has 1 aliphatic heterocycles. The molecule has 0 aliphatic carbocycles. The zero-order valence-corrected chi connectivity index (χ0v) is 24.8. The molecule has 2 rings (SSSR count). The van der Waals surface area contributed by atoms with Gasteiger partial charge in [0.2, 0.25) is 5.91 Å². The highest BCUT2D eigenvalue weighted by Gasteiger charge is 2.38. The molecule has 0 bridgehead atoms. The first kappa shape index (κ1) is 35.0. The van der Waals surface area contributed by atoms with Gasteiger partial charge < -0.3 is 30.0 Å². The molecule has 0 unspecified atom stereocenters. The Morgan fingerprint density at radius 1 is 1.05 bits per heavy atom. The Hall–Kier alpha value is -3.24. The van der Waals surface area contributed by atoms with Crippen LogP contribution in [-0.2, 0) is 30.4 Å². The van der Waals surface area contributed by atoms with Crippen molar-refractivity contribution in [1.29, 1.82) is 0 Å². The van der Waals surface area contributed by atoms with Gasteiger partial charge in [0.05, 0.1) is 6.04 Å².